The van der Waals surface area contributed by atoms with Crippen LogP contribution >= 0.6 is 0 Å². The largest absolute Gasteiger partial charge is 0.372 e. The molecule has 3 rings (SSSR count). The van der Waals surface area contributed by atoms with Gasteiger partial charge >= 0.3 is 0 Å². The molecule has 1 aliphatic heterocycles. The summed E-state index contributed by atoms with van der Waals surface area (Å²) in [6, 6.07) is 20.1. The second-order valence-corrected chi connectivity index (χ2v) is 8.64. The minimum Gasteiger partial charge on any atom is -0.372 e. The second-order valence-electron chi connectivity index (χ2n) is 8.64. The van der Waals surface area contributed by atoms with E-state index in [4.69, 9.17) is 4.74 Å². The van der Waals surface area contributed by atoms with E-state index in [1.807, 2.05) is 0 Å². The summed E-state index contributed by atoms with van der Waals surface area (Å²) >= 11 is 0. The topological polar surface area (TPSA) is 15.7 Å². The highest BCUT2D eigenvalue weighted by Gasteiger charge is 2.31. The average Bonchev–Trinajstić information content (AvgIpc) is 2.68. The predicted molar refractivity (Wildman–Crippen MR) is 119 cm³/mol. The molecule has 3 atom stereocenters. The number of hydrogen-bond acceptors (Lipinski definition) is 3. The Balaban J connectivity index is 1.76. The van der Waals surface area contributed by atoms with E-state index in [2.05, 4.69) is 99.3 Å². The molecule has 0 bridgehead atoms. The van der Waals surface area contributed by atoms with Gasteiger partial charge in [0.2, 0.25) is 0 Å². The summed E-state index contributed by atoms with van der Waals surface area (Å²) in [7, 11) is 4.44. The van der Waals surface area contributed by atoms with Crippen LogP contribution in [0.2, 0.25) is 0 Å². The number of hydrogen-bond donors (Lipinski definition) is 0. The van der Waals surface area contributed by atoms with Gasteiger partial charge in [-0.15, -0.1) is 0 Å². The lowest BCUT2D eigenvalue weighted by Crippen LogP contribution is -2.47. The molecule has 0 saturated carbocycles. The van der Waals surface area contributed by atoms with E-state index in [1.54, 1.807) is 0 Å². The first-order valence-corrected chi connectivity index (χ1v) is 10.6. The Bertz CT molecular complexity index is 718. The SMILES string of the molecule is CCC(Cc1ccccc1)(Cc1ccc(N2CC(C)OC(C)C2)cc1)N(C)C. The third-order valence-electron chi connectivity index (χ3n) is 6.24. The Kier molecular flexibility index (Phi) is 6.79. The van der Waals surface area contributed by atoms with Crippen LogP contribution in [0.1, 0.15) is 38.3 Å². The van der Waals surface area contributed by atoms with E-state index >= 15 is 0 Å². The molecule has 0 aliphatic carbocycles. The van der Waals surface area contributed by atoms with Gasteiger partial charge in [-0.1, -0.05) is 49.4 Å². The molecule has 0 aromatic heterocycles. The molecule has 0 radical (unpaired) electrons. The average molecular weight is 381 g/mol. The molecule has 0 spiro atoms. The van der Waals surface area contributed by atoms with Crippen LogP contribution in [0.5, 0.6) is 0 Å². The maximum Gasteiger partial charge on any atom is 0.0726 e. The maximum absolute atomic E-state index is 5.88. The van der Waals surface area contributed by atoms with Crippen molar-refractivity contribution in [2.45, 2.75) is 57.8 Å². The van der Waals surface area contributed by atoms with Crippen LogP contribution < -0.4 is 4.90 Å². The lowest BCUT2D eigenvalue weighted by Gasteiger charge is -2.40. The summed E-state index contributed by atoms with van der Waals surface area (Å²) in [6.45, 7) is 8.57. The summed E-state index contributed by atoms with van der Waals surface area (Å²) in [4.78, 5) is 4.87. The third-order valence-corrected chi connectivity index (χ3v) is 6.24. The number of rotatable bonds is 7. The van der Waals surface area contributed by atoms with Gasteiger partial charge in [0, 0.05) is 24.3 Å². The Morgan fingerprint density at radius 2 is 1.43 bits per heavy atom. The van der Waals surface area contributed by atoms with Gasteiger partial charge in [0.25, 0.3) is 0 Å². The number of benzene rings is 2. The van der Waals surface area contributed by atoms with Crippen LogP contribution in [0, 0.1) is 0 Å². The van der Waals surface area contributed by atoms with Gasteiger partial charge in [0.15, 0.2) is 0 Å². The summed E-state index contributed by atoms with van der Waals surface area (Å²) in [5.74, 6) is 0. The van der Waals surface area contributed by atoms with Gasteiger partial charge in [-0.05, 0) is 70.5 Å². The highest BCUT2D eigenvalue weighted by molar-refractivity contribution is 5.48. The van der Waals surface area contributed by atoms with E-state index in [0.717, 1.165) is 32.4 Å². The van der Waals surface area contributed by atoms with Gasteiger partial charge in [-0.25, -0.2) is 0 Å². The fourth-order valence-electron chi connectivity index (χ4n) is 4.51. The molecule has 1 saturated heterocycles. The zero-order valence-electron chi connectivity index (χ0n) is 18.2. The van der Waals surface area contributed by atoms with E-state index in [-0.39, 0.29) is 17.7 Å². The molecule has 1 aliphatic rings. The van der Waals surface area contributed by atoms with Crippen molar-refractivity contribution in [1.29, 1.82) is 0 Å². The fraction of sp³-hybridized carbons (Fsp3) is 0.520. The smallest absolute Gasteiger partial charge is 0.0726 e. The third kappa shape index (κ3) is 4.95. The number of nitrogens with zero attached hydrogens (tertiary/aromatic N) is 2. The van der Waals surface area contributed by atoms with Crippen molar-refractivity contribution in [2.75, 3.05) is 32.1 Å². The van der Waals surface area contributed by atoms with Gasteiger partial charge in [-0.3, -0.25) is 0 Å². The maximum atomic E-state index is 5.88. The zero-order chi connectivity index (χ0) is 20.1. The van der Waals surface area contributed by atoms with Gasteiger partial charge in [-0.2, -0.15) is 0 Å². The van der Waals surface area contributed by atoms with E-state index < -0.39 is 0 Å². The van der Waals surface area contributed by atoms with Crippen LogP contribution in [0.15, 0.2) is 54.6 Å². The number of morpholine rings is 1. The fourth-order valence-corrected chi connectivity index (χ4v) is 4.51. The number of ether oxygens (including phenoxy) is 1. The van der Waals surface area contributed by atoms with Crippen LogP contribution in [0.3, 0.4) is 0 Å². The minimum absolute atomic E-state index is 0.130. The molecule has 3 nitrogen and oxygen atoms in total. The van der Waals surface area contributed by atoms with Crippen molar-refractivity contribution < 1.29 is 4.74 Å². The summed E-state index contributed by atoms with van der Waals surface area (Å²) in [5, 5.41) is 0. The van der Waals surface area contributed by atoms with Gasteiger partial charge in [0.1, 0.15) is 0 Å². The second kappa shape index (κ2) is 9.11. The number of anilines is 1. The number of likely N-dealkylation sites (N-methyl/N-ethyl adjacent to an activating group) is 1. The zero-order valence-corrected chi connectivity index (χ0v) is 18.2. The Hall–Kier alpha value is -1.84. The van der Waals surface area contributed by atoms with Crippen LogP contribution in [-0.4, -0.2) is 49.8 Å². The van der Waals surface area contributed by atoms with E-state index in [9.17, 15) is 0 Å². The summed E-state index contributed by atoms with van der Waals surface area (Å²) in [6.07, 6.45) is 3.82. The quantitative estimate of drug-likeness (QED) is 0.686. The van der Waals surface area contributed by atoms with Crippen LogP contribution in [-0.2, 0) is 17.6 Å². The van der Waals surface area contributed by atoms with Crippen molar-refractivity contribution in [2.24, 2.45) is 0 Å². The van der Waals surface area contributed by atoms with Crippen molar-refractivity contribution in [1.82, 2.24) is 4.90 Å². The van der Waals surface area contributed by atoms with Crippen LogP contribution in [0.25, 0.3) is 0 Å². The predicted octanol–water partition coefficient (Wildman–Crippen LogP) is 4.80. The highest BCUT2D eigenvalue weighted by Crippen LogP contribution is 2.29. The van der Waals surface area contributed by atoms with Crippen molar-refractivity contribution in [3.8, 4) is 0 Å². The van der Waals surface area contributed by atoms with Crippen molar-refractivity contribution in [3.05, 3.63) is 65.7 Å². The lowest BCUT2D eigenvalue weighted by molar-refractivity contribution is -0.00521. The molecule has 3 unspecified atom stereocenters. The molecule has 0 N–H and O–H groups in total. The Labute approximate surface area is 171 Å². The standard InChI is InChI=1S/C25H36N2O/c1-6-25(26(4)5,16-22-10-8-7-9-11-22)17-23-12-14-24(15-13-23)27-18-20(2)28-21(3)19-27/h7-15,20-21H,6,16-19H2,1-5H3. The normalized spacial score (nSPS) is 22.3. The van der Waals surface area contributed by atoms with E-state index in [0.29, 0.717) is 0 Å². The van der Waals surface area contributed by atoms with Gasteiger partial charge in [0.05, 0.1) is 12.2 Å². The highest BCUT2D eigenvalue weighted by atomic mass is 16.5. The lowest BCUT2D eigenvalue weighted by atomic mass is 9.81. The Morgan fingerprint density at radius 1 is 0.893 bits per heavy atom. The minimum atomic E-state index is 0.130. The molecule has 1 heterocycles. The Morgan fingerprint density at radius 3 is 1.93 bits per heavy atom. The molecule has 28 heavy (non-hydrogen) atoms. The molecule has 3 heteroatoms. The first-order chi connectivity index (χ1) is 13.4. The van der Waals surface area contributed by atoms with E-state index in [1.165, 1.54) is 16.8 Å². The van der Waals surface area contributed by atoms with Crippen LogP contribution in [0.4, 0.5) is 5.69 Å². The molecule has 2 aromatic rings. The molecule has 0 amide bonds. The summed E-state index contributed by atoms with van der Waals surface area (Å²) in [5.41, 5.74) is 4.25. The van der Waals surface area contributed by atoms with Crippen molar-refractivity contribution in [3.63, 3.8) is 0 Å². The molecule has 152 valence electrons. The van der Waals surface area contributed by atoms with Crippen molar-refractivity contribution >= 4 is 5.69 Å². The molecular weight excluding hydrogens is 344 g/mol. The molecule has 2 aromatic carbocycles. The molecule has 1 fully saturated rings. The first-order valence-electron chi connectivity index (χ1n) is 10.6. The molecular formula is C25H36N2O. The monoisotopic (exact) mass is 380 g/mol. The van der Waals surface area contributed by atoms with Gasteiger partial charge < -0.3 is 14.5 Å². The first kappa shape index (κ1) is 20.9. The summed E-state index contributed by atoms with van der Waals surface area (Å²) < 4.78 is 5.88.